The molecule has 7 rings (SSSR count). The molecule has 35 heavy (non-hydrogen) atoms. The molecule has 1 amide bonds. The van der Waals surface area contributed by atoms with E-state index in [0.717, 1.165) is 11.0 Å². The summed E-state index contributed by atoms with van der Waals surface area (Å²) < 4.78 is 48.7. The van der Waals surface area contributed by atoms with Crippen LogP contribution in [0.1, 0.15) is 13.3 Å². The Morgan fingerprint density at radius 2 is 2.09 bits per heavy atom. The van der Waals surface area contributed by atoms with E-state index in [1.807, 2.05) is 0 Å². The maximum absolute atomic E-state index is 15.2. The van der Waals surface area contributed by atoms with E-state index in [1.165, 1.54) is 29.3 Å². The summed E-state index contributed by atoms with van der Waals surface area (Å²) in [7, 11) is -4.01. The number of hydrogen-bond acceptors (Lipinski definition) is 11. The number of phosphoric acid groups is 1. The molecule has 1 spiro atoms. The molecule has 4 saturated heterocycles. The standard InChI is InChI=1S/C20H16FN6O7P/c1-3-16(28)19-20(33-35(30,32-19)34-20)27(18(29)31-19)12-6-7-13(14(21)9-12)11-5-8-15(22-10-11)17-23-25-26(4-2)24-17/h4-10,16,28H,2-3H2,1H3/t16-,19-,20?,35?/m0/s1. The SMILES string of the molecule is C=Cn1nnc(-c2ccc(-c3ccc(N4C(=O)O[C@@]5([C@@H](O)CC)OP6(=O)OC45O6)cc3F)cn2)n1. The average molecular weight is 502 g/mol. The van der Waals surface area contributed by atoms with Crippen molar-refractivity contribution in [1.29, 1.82) is 0 Å². The van der Waals surface area contributed by atoms with Gasteiger partial charge in [0.1, 0.15) is 17.6 Å². The predicted molar refractivity (Wildman–Crippen MR) is 114 cm³/mol. The molecule has 1 aromatic carbocycles. The first-order valence-corrected chi connectivity index (χ1v) is 11.8. The number of aromatic nitrogens is 5. The molecule has 0 unspecified atom stereocenters. The van der Waals surface area contributed by atoms with Gasteiger partial charge in [0.05, 0.1) is 5.69 Å². The largest absolute Gasteiger partial charge is 0.486 e. The van der Waals surface area contributed by atoms with Gasteiger partial charge in [0.15, 0.2) is 0 Å². The molecule has 2 aromatic heterocycles. The van der Waals surface area contributed by atoms with Crippen molar-refractivity contribution in [3.05, 3.63) is 48.9 Å². The molecule has 4 aliphatic heterocycles. The van der Waals surface area contributed by atoms with Gasteiger partial charge in [0.25, 0.3) is 0 Å². The molecule has 2 atom stereocenters. The average Bonchev–Trinajstić information content (AvgIpc) is 3.52. The van der Waals surface area contributed by atoms with Gasteiger partial charge in [-0.15, -0.1) is 15.0 Å². The summed E-state index contributed by atoms with van der Waals surface area (Å²) in [5.41, 5.74) is 1.03. The summed E-state index contributed by atoms with van der Waals surface area (Å²) >= 11 is 0. The number of carbonyl (C=O) groups is 1. The third-order valence-corrected chi connectivity index (χ3v) is 7.24. The fourth-order valence-electron chi connectivity index (χ4n) is 4.17. The molecule has 6 heterocycles. The third kappa shape index (κ3) is 2.88. The molecule has 13 nitrogen and oxygen atoms in total. The van der Waals surface area contributed by atoms with Crippen LogP contribution in [0.2, 0.25) is 0 Å². The second-order valence-electron chi connectivity index (χ2n) is 7.81. The van der Waals surface area contributed by atoms with Gasteiger partial charge in [-0.3, -0.25) is 4.98 Å². The zero-order valence-electron chi connectivity index (χ0n) is 17.9. The van der Waals surface area contributed by atoms with Crippen LogP contribution in [-0.2, 0) is 22.9 Å². The van der Waals surface area contributed by atoms with E-state index >= 15 is 4.39 Å². The van der Waals surface area contributed by atoms with Gasteiger partial charge in [0, 0.05) is 23.5 Å². The molecule has 3 aromatic rings. The van der Waals surface area contributed by atoms with Crippen molar-refractivity contribution in [2.75, 3.05) is 4.90 Å². The van der Waals surface area contributed by atoms with Crippen molar-refractivity contribution in [3.63, 3.8) is 0 Å². The van der Waals surface area contributed by atoms with Crippen molar-refractivity contribution in [2.24, 2.45) is 0 Å². The molecule has 4 aliphatic rings. The van der Waals surface area contributed by atoms with E-state index < -0.39 is 37.5 Å². The molecule has 0 aliphatic carbocycles. The van der Waals surface area contributed by atoms with Crippen LogP contribution in [-0.4, -0.2) is 54.2 Å². The number of amides is 1. The van der Waals surface area contributed by atoms with Gasteiger partial charge in [-0.05, 0) is 35.9 Å². The number of tetrazole rings is 1. The van der Waals surface area contributed by atoms with E-state index in [9.17, 15) is 14.5 Å². The van der Waals surface area contributed by atoms with Gasteiger partial charge in [-0.2, -0.15) is 0 Å². The van der Waals surface area contributed by atoms with E-state index in [2.05, 4.69) is 27.0 Å². The zero-order valence-corrected chi connectivity index (χ0v) is 18.8. The first kappa shape index (κ1) is 21.9. The van der Waals surface area contributed by atoms with Crippen molar-refractivity contribution in [2.45, 2.75) is 31.1 Å². The van der Waals surface area contributed by atoms with Crippen LogP contribution in [0.15, 0.2) is 43.1 Å². The van der Waals surface area contributed by atoms with Crippen LogP contribution in [0.3, 0.4) is 0 Å². The van der Waals surface area contributed by atoms with Gasteiger partial charge < -0.3 is 9.84 Å². The summed E-state index contributed by atoms with van der Waals surface area (Å²) in [6.45, 7) is 5.14. The normalized spacial score (nSPS) is 29.5. The smallest absolute Gasteiger partial charge is 0.405 e. The molecule has 15 heteroatoms. The van der Waals surface area contributed by atoms with E-state index in [4.69, 9.17) is 18.3 Å². The van der Waals surface area contributed by atoms with Crippen molar-refractivity contribution in [3.8, 4) is 22.6 Å². The summed E-state index contributed by atoms with van der Waals surface area (Å²) in [5.74, 6) is -4.73. The molecule has 4 fully saturated rings. The Morgan fingerprint density at radius 3 is 2.71 bits per heavy atom. The van der Waals surface area contributed by atoms with E-state index in [0.29, 0.717) is 11.3 Å². The minimum Gasteiger partial charge on any atom is -0.405 e. The van der Waals surface area contributed by atoms with Crippen LogP contribution in [0.5, 0.6) is 0 Å². The lowest BCUT2D eigenvalue weighted by Crippen LogP contribution is -2.63. The number of benzene rings is 1. The Balaban J connectivity index is 1.32. The maximum Gasteiger partial charge on any atom is 0.486 e. The van der Waals surface area contributed by atoms with E-state index in [1.54, 1.807) is 19.1 Å². The molecule has 180 valence electrons. The Kier molecular flexibility index (Phi) is 4.53. The van der Waals surface area contributed by atoms with Crippen LogP contribution in [0.25, 0.3) is 28.8 Å². The van der Waals surface area contributed by atoms with Gasteiger partial charge in [0.2, 0.25) is 5.82 Å². The van der Waals surface area contributed by atoms with Crippen LogP contribution in [0.4, 0.5) is 14.9 Å². The molecule has 2 bridgehead atoms. The number of hydrogen-bond donors (Lipinski definition) is 1. The second kappa shape index (κ2) is 7.23. The highest BCUT2D eigenvalue weighted by atomic mass is 31.2. The van der Waals surface area contributed by atoms with Crippen molar-refractivity contribution < 1.29 is 37.2 Å². The van der Waals surface area contributed by atoms with Crippen LogP contribution >= 0.6 is 7.82 Å². The number of carbonyl (C=O) groups excluding carboxylic acids is 1. The molecule has 0 saturated carbocycles. The molecule has 1 N–H and O–H groups in total. The highest BCUT2D eigenvalue weighted by Gasteiger charge is 2.91. The molecular formula is C20H16FN6O7P. The van der Waals surface area contributed by atoms with Crippen molar-refractivity contribution in [1.82, 2.24) is 25.2 Å². The lowest BCUT2D eigenvalue weighted by atomic mass is 10.0. The highest BCUT2D eigenvalue weighted by Crippen LogP contribution is 2.81. The second-order valence-corrected chi connectivity index (χ2v) is 9.25. The fraction of sp³-hybridized carbons (Fsp3) is 0.250. The number of anilines is 1. The monoisotopic (exact) mass is 502 g/mol. The summed E-state index contributed by atoms with van der Waals surface area (Å²) in [4.78, 5) is 19.0. The Hall–Kier alpha value is -3.55. The molecule has 0 radical (unpaired) electrons. The zero-order chi connectivity index (χ0) is 24.6. The minimum absolute atomic E-state index is 0.0204. The number of aliphatic hydroxyl groups excluding tert-OH is 1. The Bertz CT molecular complexity index is 1420. The molecular weight excluding hydrogens is 486 g/mol. The quantitative estimate of drug-likeness (QED) is 0.496. The van der Waals surface area contributed by atoms with Gasteiger partial charge in [-0.25, -0.2) is 32.2 Å². The van der Waals surface area contributed by atoms with Crippen molar-refractivity contribution >= 4 is 25.8 Å². The Labute approximate surface area is 196 Å². The number of ether oxygens (including phenoxy) is 1. The van der Waals surface area contributed by atoms with Crippen LogP contribution < -0.4 is 4.90 Å². The summed E-state index contributed by atoms with van der Waals surface area (Å²) in [6, 6.07) is 7.12. The Morgan fingerprint density at radius 1 is 1.29 bits per heavy atom. The van der Waals surface area contributed by atoms with Crippen LogP contribution in [0, 0.1) is 5.82 Å². The number of aliphatic hydroxyl groups is 1. The first-order chi connectivity index (χ1) is 16.7. The lowest BCUT2D eigenvalue weighted by molar-refractivity contribution is -0.281. The third-order valence-electron chi connectivity index (χ3n) is 5.81. The predicted octanol–water partition coefficient (Wildman–Crippen LogP) is 2.90. The highest BCUT2D eigenvalue weighted by molar-refractivity contribution is 7.50. The number of rotatable bonds is 6. The van der Waals surface area contributed by atoms with Gasteiger partial charge >= 0.3 is 25.6 Å². The lowest BCUT2D eigenvalue weighted by Gasteiger charge is -2.39. The van der Waals surface area contributed by atoms with E-state index in [-0.39, 0.29) is 23.5 Å². The topological polar surface area (TPSA) is 151 Å². The first-order valence-electron chi connectivity index (χ1n) is 10.4. The maximum atomic E-state index is 15.2. The number of nitrogens with zero attached hydrogens (tertiary/aromatic N) is 6. The fourth-order valence-corrected chi connectivity index (χ4v) is 5.88. The minimum atomic E-state index is -4.01. The summed E-state index contributed by atoms with van der Waals surface area (Å²) in [6.07, 6.45) is 0.450. The number of phosphoric ester groups is 1. The summed E-state index contributed by atoms with van der Waals surface area (Å²) in [5, 5.41) is 22.2. The van der Waals surface area contributed by atoms with Gasteiger partial charge in [-0.1, -0.05) is 19.6 Å². The number of halogens is 1. The number of pyridine rings is 1.